The minimum Gasteiger partial charge on any atom is -0.499 e. The summed E-state index contributed by atoms with van der Waals surface area (Å²) in [6, 6.07) is 0. The zero-order valence-corrected chi connectivity index (χ0v) is 9.27. The van der Waals surface area contributed by atoms with Crippen molar-refractivity contribution in [2.24, 2.45) is 0 Å². The fourth-order valence-electron chi connectivity index (χ4n) is 1.20. The molecule has 0 fully saturated rings. The summed E-state index contributed by atoms with van der Waals surface area (Å²) in [6.45, 7) is 8.98. The van der Waals surface area contributed by atoms with Crippen LogP contribution in [0.2, 0.25) is 0 Å². The van der Waals surface area contributed by atoms with Crippen LogP contribution in [-0.2, 0) is 4.74 Å². The van der Waals surface area contributed by atoms with E-state index in [4.69, 9.17) is 4.74 Å². The van der Waals surface area contributed by atoms with E-state index in [1.807, 2.05) is 0 Å². The smallest absolute Gasteiger partial charge is 0.0885 e. The van der Waals surface area contributed by atoms with Crippen LogP contribution in [0.3, 0.4) is 0 Å². The van der Waals surface area contributed by atoms with Crippen LogP contribution in [0, 0.1) is 0 Å². The number of unbranched alkanes of at least 4 members (excludes halogenated alkanes) is 5. The van der Waals surface area contributed by atoms with E-state index in [1.165, 1.54) is 38.5 Å². The molecule has 0 radical (unpaired) electrons. The largest absolute Gasteiger partial charge is 0.499 e. The van der Waals surface area contributed by atoms with E-state index in [0.717, 1.165) is 18.8 Å². The molecule has 0 unspecified atom stereocenters. The highest BCUT2D eigenvalue weighted by molar-refractivity contribution is 4.79. The second-order valence-corrected chi connectivity index (χ2v) is 3.51. The average molecular weight is 184 g/mol. The van der Waals surface area contributed by atoms with Gasteiger partial charge in [0.15, 0.2) is 0 Å². The molecule has 0 aromatic rings. The van der Waals surface area contributed by atoms with Gasteiger partial charge in [-0.2, -0.15) is 0 Å². The number of rotatable bonds is 9. The minimum absolute atomic E-state index is 0.860. The third-order valence-electron chi connectivity index (χ3n) is 2.20. The van der Waals surface area contributed by atoms with Crippen molar-refractivity contribution >= 4 is 0 Å². The highest BCUT2D eigenvalue weighted by Gasteiger charge is 1.92. The molecule has 0 spiro atoms. The molecule has 0 saturated carbocycles. The number of ether oxygens (including phenoxy) is 1. The van der Waals surface area contributed by atoms with E-state index in [0.29, 0.717) is 0 Å². The second kappa shape index (κ2) is 9.63. The number of hydrogen-bond donors (Lipinski definition) is 0. The normalized spacial score (nSPS) is 10.0. The van der Waals surface area contributed by atoms with E-state index >= 15 is 0 Å². The molecule has 0 bridgehead atoms. The summed E-state index contributed by atoms with van der Waals surface area (Å²) >= 11 is 0. The van der Waals surface area contributed by atoms with E-state index in [2.05, 4.69) is 20.4 Å². The lowest BCUT2D eigenvalue weighted by Gasteiger charge is -2.06. The predicted molar refractivity (Wildman–Crippen MR) is 58.8 cm³/mol. The van der Waals surface area contributed by atoms with Gasteiger partial charge in [0, 0.05) is 6.42 Å². The molecule has 13 heavy (non-hydrogen) atoms. The highest BCUT2D eigenvalue weighted by Crippen LogP contribution is 2.06. The van der Waals surface area contributed by atoms with Crippen LogP contribution < -0.4 is 0 Å². The van der Waals surface area contributed by atoms with Gasteiger partial charge in [-0.15, -0.1) is 0 Å². The lowest BCUT2D eigenvalue weighted by Crippen LogP contribution is -1.93. The van der Waals surface area contributed by atoms with Gasteiger partial charge in [-0.3, -0.25) is 0 Å². The molecule has 0 aliphatic heterocycles. The summed E-state index contributed by atoms with van der Waals surface area (Å²) in [5.74, 6) is 0.925. The molecule has 0 N–H and O–H groups in total. The van der Waals surface area contributed by atoms with Crippen molar-refractivity contribution in [1.82, 2.24) is 0 Å². The molecule has 0 aromatic heterocycles. The molecular weight excluding hydrogens is 160 g/mol. The first kappa shape index (κ1) is 12.5. The molecule has 0 amide bonds. The lowest BCUT2D eigenvalue weighted by atomic mass is 10.1. The van der Waals surface area contributed by atoms with Crippen molar-refractivity contribution in [3.05, 3.63) is 12.3 Å². The Hall–Kier alpha value is -0.460. The fraction of sp³-hybridized carbons (Fsp3) is 0.833. The first-order chi connectivity index (χ1) is 6.31. The van der Waals surface area contributed by atoms with Crippen LogP contribution in [0.5, 0.6) is 0 Å². The van der Waals surface area contributed by atoms with Gasteiger partial charge in [-0.25, -0.2) is 0 Å². The first-order valence-corrected chi connectivity index (χ1v) is 5.61. The lowest BCUT2D eigenvalue weighted by molar-refractivity contribution is 0.199. The summed E-state index contributed by atoms with van der Waals surface area (Å²) in [4.78, 5) is 0. The number of hydrogen-bond acceptors (Lipinski definition) is 1. The molecule has 0 heterocycles. The van der Waals surface area contributed by atoms with Gasteiger partial charge in [0.2, 0.25) is 0 Å². The van der Waals surface area contributed by atoms with Gasteiger partial charge in [0.05, 0.1) is 12.4 Å². The molecule has 0 saturated heterocycles. The van der Waals surface area contributed by atoms with E-state index in [1.54, 1.807) is 0 Å². The molecule has 0 rings (SSSR count). The Morgan fingerprint density at radius 1 is 1.00 bits per heavy atom. The Kier molecular flexibility index (Phi) is 9.29. The van der Waals surface area contributed by atoms with Crippen molar-refractivity contribution in [3.63, 3.8) is 0 Å². The van der Waals surface area contributed by atoms with Crippen LogP contribution in [-0.4, -0.2) is 6.61 Å². The van der Waals surface area contributed by atoms with Gasteiger partial charge >= 0.3 is 0 Å². The van der Waals surface area contributed by atoms with Crippen molar-refractivity contribution in [3.8, 4) is 0 Å². The first-order valence-electron chi connectivity index (χ1n) is 5.61. The quantitative estimate of drug-likeness (QED) is 0.384. The van der Waals surface area contributed by atoms with E-state index in [-0.39, 0.29) is 0 Å². The van der Waals surface area contributed by atoms with Crippen LogP contribution in [0.15, 0.2) is 12.3 Å². The van der Waals surface area contributed by atoms with Crippen LogP contribution >= 0.6 is 0 Å². The van der Waals surface area contributed by atoms with Crippen molar-refractivity contribution in [2.75, 3.05) is 6.61 Å². The maximum Gasteiger partial charge on any atom is 0.0885 e. The molecular formula is C12H24O. The van der Waals surface area contributed by atoms with Crippen molar-refractivity contribution < 1.29 is 4.74 Å². The molecule has 0 atom stereocenters. The summed E-state index contributed by atoms with van der Waals surface area (Å²) < 4.78 is 5.40. The van der Waals surface area contributed by atoms with Gasteiger partial charge in [0.25, 0.3) is 0 Å². The number of allylic oxidation sites excluding steroid dienone is 1. The Balaban J connectivity index is 2.95. The standard InChI is InChI=1S/C12H24O/c1-4-6-7-8-9-10-11-13-12(3)5-2/h3-11H2,1-2H3. The SMILES string of the molecule is C=C(CC)OCCCCCCCC. The summed E-state index contributed by atoms with van der Waals surface area (Å²) in [5.41, 5.74) is 0. The van der Waals surface area contributed by atoms with Crippen LogP contribution in [0.25, 0.3) is 0 Å². The van der Waals surface area contributed by atoms with Gasteiger partial charge in [0.1, 0.15) is 0 Å². The molecule has 1 heteroatoms. The van der Waals surface area contributed by atoms with Crippen LogP contribution in [0.4, 0.5) is 0 Å². The van der Waals surface area contributed by atoms with E-state index in [9.17, 15) is 0 Å². The second-order valence-electron chi connectivity index (χ2n) is 3.51. The predicted octanol–water partition coefficient (Wildman–Crippen LogP) is 4.29. The summed E-state index contributed by atoms with van der Waals surface area (Å²) in [6.07, 6.45) is 8.86. The maximum atomic E-state index is 5.40. The monoisotopic (exact) mass is 184 g/mol. The highest BCUT2D eigenvalue weighted by atomic mass is 16.5. The fourth-order valence-corrected chi connectivity index (χ4v) is 1.20. The van der Waals surface area contributed by atoms with Crippen molar-refractivity contribution in [1.29, 1.82) is 0 Å². The van der Waals surface area contributed by atoms with Gasteiger partial charge in [-0.05, 0) is 6.42 Å². The summed E-state index contributed by atoms with van der Waals surface area (Å²) in [7, 11) is 0. The Labute approximate surface area is 83.2 Å². The van der Waals surface area contributed by atoms with Crippen molar-refractivity contribution in [2.45, 2.75) is 58.8 Å². The molecule has 0 aliphatic carbocycles. The average Bonchev–Trinajstić information content (AvgIpc) is 2.16. The summed E-state index contributed by atoms with van der Waals surface area (Å²) in [5, 5.41) is 0. The van der Waals surface area contributed by atoms with Gasteiger partial charge < -0.3 is 4.74 Å². The molecule has 0 aromatic carbocycles. The topological polar surface area (TPSA) is 9.23 Å². The Morgan fingerprint density at radius 2 is 1.62 bits per heavy atom. The molecule has 1 nitrogen and oxygen atoms in total. The zero-order chi connectivity index (χ0) is 9.94. The molecule has 78 valence electrons. The third-order valence-corrected chi connectivity index (χ3v) is 2.20. The van der Waals surface area contributed by atoms with Gasteiger partial charge in [-0.1, -0.05) is 52.5 Å². The third kappa shape index (κ3) is 9.45. The zero-order valence-electron chi connectivity index (χ0n) is 9.27. The molecule has 0 aliphatic rings. The van der Waals surface area contributed by atoms with E-state index < -0.39 is 0 Å². The minimum atomic E-state index is 0.860. The van der Waals surface area contributed by atoms with Crippen LogP contribution in [0.1, 0.15) is 58.8 Å². The Bertz CT molecular complexity index is 118. The Morgan fingerprint density at radius 3 is 2.23 bits per heavy atom. The maximum absolute atomic E-state index is 5.40.